The number of aryl methyl sites for hydroxylation is 1. The van der Waals surface area contributed by atoms with E-state index < -0.39 is 0 Å². The molecule has 0 amide bonds. The third kappa shape index (κ3) is 4.50. The van der Waals surface area contributed by atoms with E-state index >= 15 is 0 Å². The van der Waals surface area contributed by atoms with Crippen LogP contribution in [0, 0.1) is 11.8 Å². The Hall–Kier alpha value is -2.67. The number of hydrogen-bond acceptors (Lipinski definition) is 6. The third-order valence-corrected chi connectivity index (χ3v) is 5.68. The van der Waals surface area contributed by atoms with Crippen LogP contribution in [0.1, 0.15) is 32.4 Å². The fraction of sp³-hybridized carbons (Fsp3) is 0.500. The van der Waals surface area contributed by atoms with E-state index in [0.29, 0.717) is 18.1 Å². The fourth-order valence-corrected chi connectivity index (χ4v) is 4.17. The molecule has 1 fully saturated rings. The van der Waals surface area contributed by atoms with Gasteiger partial charge in [-0.3, -0.25) is 9.78 Å². The Morgan fingerprint density at radius 3 is 2.66 bits per heavy atom. The summed E-state index contributed by atoms with van der Waals surface area (Å²) < 4.78 is 1.65. The molecule has 2 aromatic heterocycles. The van der Waals surface area contributed by atoms with Crippen LogP contribution in [0.4, 0.5) is 0 Å². The summed E-state index contributed by atoms with van der Waals surface area (Å²) in [5.41, 5.74) is 1.78. The van der Waals surface area contributed by atoms with Crippen LogP contribution in [0.15, 0.2) is 30.5 Å². The van der Waals surface area contributed by atoms with Crippen molar-refractivity contribution in [1.82, 2.24) is 30.1 Å². The Balaban J connectivity index is 1.45. The normalized spacial score (nSPS) is 16.0. The van der Waals surface area contributed by atoms with Crippen molar-refractivity contribution in [2.24, 2.45) is 18.9 Å². The second kappa shape index (κ2) is 8.37. The number of likely N-dealkylation sites (tertiary alicyclic amines) is 1. The largest absolute Gasteiger partial charge is 0.303 e. The van der Waals surface area contributed by atoms with E-state index in [-0.39, 0.29) is 5.92 Å². The number of ketones is 1. The lowest BCUT2D eigenvalue weighted by atomic mass is 9.89. The van der Waals surface area contributed by atoms with Gasteiger partial charge in [-0.05, 0) is 59.8 Å². The van der Waals surface area contributed by atoms with Crippen molar-refractivity contribution < 1.29 is 4.79 Å². The number of benzene rings is 1. The minimum atomic E-state index is 0.159. The van der Waals surface area contributed by atoms with Gasteiger partial charge >= 0.3 is 0 Å². The van der Waals surface area contributed by atoms with Crippen LogP contribution in [0.25, 0.3) is 22.2 Å². The van der Waals surface area contributed by atoms with Gasteiger partial charge in [0.15, 0.2) is 5.82 Å². The lowest BCUT2D eigenvalue weighted by Gasteiger charge is -2.32. The highest BCUT2D eigenvalue weighted by Crippen LogP contribution is 2.24. The van der Waals surface area contributed by atoms with Crippen LogP contribution in [0.2, 0.25) is 0 Å². The van der Waals surface area contributed by atoms with Crippen LogP contribution in [0.3, 0.4) is 0 Å². The van der Waals surface area contributed by atoms with E-state index in [1.165, 1.54) is 0 Å². The first-order chi connectivity index (χ1) is 14.0. The van der Waals surface area contributed by atoms with E-state index in [9.17, 15) is 4.79 Å². The molecule has 152 valence electrons. The standard InChI is InChI=1S/C22H28N6O/c1-15(2)14-28-8-6-16(7-9-28)21(29)12-20-11-19-10-17(4-5-18(19)13-23-20)22-24-25-26-27(22)3/h4-5,10-11,13,15-16H,6-9,12,14H2,1-3H3. The van der Waals surface area contributed by atoms with Gasteiger partial charge < -0.3 is 4.90 Å². The molecule has 3 aromatic rings. The summed E-state index contributed by atoms with van der Waals surface area (Å²) in [6.45, 7) is 7.66. The van der Waals surface area contributed by atoms with Crippen LogP contribution >= 0.6 is 0 Å². The molecule has 0 saturated carbocycles. The Labute approximate surface area is 171 Å². The molecule has 0 atom stereocenters. The maximum Gasteiger partial charge on any atom is 0.181 e. The Bertz CT molecular complexity index is 1000. The number of piperidine rings is 1. The first kappa shape index (κ1) is 19.6. The number of tetrazole rings is 1. The molecule has 7 heteroatoms. The number of fused-ring (bicyclic) bond motifs is 1. The number of nitrogens with zero attached hydrogens (tertiary/aromatic N) is 6. The van der Waals surface area contributed by atoms with Crippen molar-refractivity contribution in [2.45, 2.75) is 33.1 Å². The number of pyridine rings is 1. The first-order valence-corrected chi connectivity index (χ1v) is 10.4. The Kier molecular flexibility index (Phi) is 5.67. The summed E-state index contributed by atoms with van der Waals surface area (Å²) in [4.78, 5) is 19.8. The average Bonchev–Trinajstić information content (AvgIpc) is 3.13. The van der Waals surface area contributed by atoms with Gasteiger partial charge in [0, 0.05) is 48.8 Å². The maximum absolute atomic E-state index is 12.8. The SMILES string of the molecule is CC(C)CN1CCC(C(=O)Cc2cc3cc(-c4nnnn4C)ccc3cn2)CC1. The molecule has 0 spiro atoms. The molecule has 1 aliphatic rings. The third-order valence-electron chi connectivity index (χ3n) is 5.68. The van der Waals surface area contributed by atoms with E-state index in [1.54, 1.807) is 4.68 Å². The molecule has 1 aliphatic heterocycles. The summed E-state index contributed by atoms with van der Waals surface area (Å²) in [5, 5.41) is 13.8. The number of carbonyl (C=O) groups excluding carboxylic acids is 1. The topological polar surface area (TPSA) is 76.8 Å². The fourth-order valence-electron chi connectivity index (χ4n) is 4.17. The van der Waals surface area contributed by atoms with Gasteiger partial charge in [-0.15, -0.1) is 5.10 Å². The van der Waals surface area contributed by atoms with Gasteiger partial charge in [0.2, 0.25) is 0 Å². The number of Topliss-reactive ketones (excluding diaryl/α,β-unsaturated/α-hetero) is 1. The maximum atomic E-state index is 12.8. The van der Waals surface area contributed by atoms with Gasteiger partial charge in [-0.1, -0.05) is 26.0 Å². The predicted octanol–water partition coefficient (Wildman–Crippen LogP) is 2.90. The van der Waals surface area contributed by atoms with E-state index in [1.807, 2.05) is 31.4 Å². The van der Waals surface area contributed by atoms with Gasteiger partial charge in [0.1, 0.15) is 5.78 Å². The van der Waals surface area contributed by atoms with Crippen molar-refractivity contribution in [1.29, 1.82) is 0 Å². The summed E-state index contributed by atoms with van der Waals surface area (Å²) in [6, 6.07) is 8.09. The van der Waals surface area contributed by atoms with Crippen molar-refractivity contribution in [3.8, 4) is 11.4 Å². The molecule has 0 aliphatic carbocycles. The molecular weight excluding hydrogens is 364 g/mol. The highest BCUT2D eigenvalue weighted by atomic mass is 16.1. The number of aromatic nitrogens is 5. The summed E-state index contributed by atoms with van der Waals surface area (Å²) in [5.74, 6) is 1.86. The monoisotopic (exact) mass is 392 g/mol. The number of carbonyl (C=O) groups is 1. The van der Waals surface area contributed by atoms with Gasteiger partial charge in [0.25, 0.3) is 0 Å². The summed E-state index contributed by atoms with van der Waals surface area (Å²) >= 11 is 0. The molecule has 0 radical (unpaired) electrons. The minimum absolute atomic E-state index is 0.159. The number of hydrogen-bond donors (Lipinski definition) is 0. The average molecular weight is 393 g/mol. The summed E-state index contributed by atoms with van der Waals surface area (Å²) in [7, 11) is 1.82. The van der Waals surface area contributed by atoms with Gasteiger partial charge in [-0.25, -0.2) is 4.68 Å². The van der Waals surface area contributed by atoms with Crippen LogP contribution in [-0.2, 0) is 18.3 Å². The minimum Gasteiger partial charge on any atom is -0.303 e. The molecule has 1 saturated heterocycles. The smallest absolute Gasteiger partial charge is 0.181 e. The zero-order valence-electron chi connectivity index (χ0n) is 17.4. The highest BCUT2D eigenvalue weighted by molar-refractivity contribution is 5.88. The molecule has 1 aromatic carbocycles. The molecule has 7 nitrogen and oxygen atoms in total. The van der Waals surface area contributed by atoms with Crippen molar-refractivity contribution in [3.63, 3.8) is 0 Å². The van der Waals surface area contributed by atoms with Crippen LogP contribution < -0.4 is 0 Å². The second-order valence-corrected chi connectivity index (χ2v) is 8.48. The second-order valence-electron chi connectivity index (χ2n) is 8.48. The molecule has 0 N–H and O–H groups in total. The molecule has 3 heterocycles. The Morgan fingerprint density at radius 1 is 1.17 bits per heavy atom. The zero-order chi connectivity index (χ0) is 20.4. The van der Waals surface area contributed by atoms with E-state index in [0.717, 1.165) is 60.3 Å². The van der Waals surface area contributed by atoms with Crippen molar-refractivity contribution in [2.75, 3.05) is 19.6 Å². The van der Waals surface area contributed by atoms with Crippen molar-refractivity contribution in [3.05, 3.63) is 36.2 Å². The number of rotatable bonds is 6. The van der Waals surface area contributed by atoms with Gasteiger partial charge in [-0.2, -0.15) is 0 Å². The van der Waals surface area contributed by atoms with Crippen LogP contribution in [-0.4, -0.2) is 55.5 Å². The quantitative estimate of drug-likeness (QED) is 0.642. The first-order valence-electron chi connectivity index (χ1n) is 10.4. The van der Waals surface area contributed by atoms with E-state index in [4.69, 9.17) is 0 Å². The van der Waals surface area contributed by atoms with Gasteiger partial charge in [0.05, 0.1) is 0 Å². The summed E-state index contributed by atoms with van der Waals surface area (Å²) in [6.07, 6.45) is 4.17. The predicted molar refractivity (Wildman–Crippen MR) is 112 cm³/mol. The molecule has 29 heavy (non-hydrogen) atoms. The van der Waals surface area contributed by atoms with E-state index in [2.05, 4.69) is 45.3 Å². The highest BCUT2D eigenvalue weighted by Gasteiger charge is 2.25. The lowest BCUT2D eigenvalue weighted by Crippen LogP contribution is -2.38. The molecular formula is C22H28N6O. The zero-order valence-corrected chi connectivity index (χ0v) is 17.4. The van der Waals surface area contributed by atoms with Crippen LogP contribution in [0.5, 0.6) is 0 Å². The molecule has 0 unspecified atom stereocenters. The molecule has 0 bridgehead atoms. The Morgan fingerprint density at radius 2 is 1.97 bits per heavy atom. The lowest BCUT2D eigenvalue weighted by molar-refractivity contribution is -0.123. The molecule has 4 rings (SSSR count). The van der Waals surface area contributed by atoms with Crippen molar-refractivity contribution >= 4 is 16.6 Å².